The fourth-order valence-electron chi connectivity index (χ4n) is 1.82. The molecule has 1 saturated heterocycles. The van der Waals surface area contributed by atoms with Crippen LogP contribution in [-0.2, 0) is 0 Å². The summed E-state index contributed by atoms with van der Waals surface area (Å²) in [7, 11) is 0. The van der Waals surface area contributed by atoms with Crippen molar-refractivity contribution < 1.29 is 13.2 Å². The molecule has 1 atom stereocenters. The Bertz CT molecular complexity index is 195. The van der Waals surface area contributed by atoms with Gasteiger partial charge in [-0.15, -0.1) is 0 Å². The molecule has 1 heterocycles. The zero-order valence-corrected chi connectivity index (χ0v) is 8.56. The third kappa shape index (κ3) is 3.46. The third-order valence-corrected chi connectivity index (χ3v) is 2.37. The van der Waals surface area contributed by atoms with Gasteiger partial charge in [-0.2, -0.15) is 13.2 Å². The highest BCUT2D eigenvalue weighted by molar-refractivity contribution is 4.85. The van der Waals surface area contributed by atoms with Gasteiger partial charge in [-0.05, 0) is 26.8 Å². The number of hydrogen-bond donors (Lipinski definition) is 1. The first-order valence-electron chi connectivity index (χ1n) is 4.76. The molecule has 0 bridgehead atoms. The van der Waals surface area contributed by atoms with E-state index in [1.54, 1.807) is 4.90 Å². The first-order chi connectivity index (χ1) is 6.18. The van der Waals surface area contributed by atoms with E-state index < -0.39 is 17.6 Å². The lowest BCUT2D eigenvalue weighted by Crippen LogP contribution is -2.44. The number of rotatable bonds is 2. The van der Waals surface area contributed by atoms with Gasteiger partial charge in [0.05, 0.1) is 5.92 Å². The quantitative estimate of drug-likeness (QED) is 0.750. The maximum Gasteiger partial charge on any atom is 0.393 e. The first kappa shape index (κ1) is 11.8. The van der Waals surface area contributed by atoms with Gasteiger partial charge in [0.1, 0.15) is 0 Å². The van der Waals surface area contributed by atoms with Crippen molar-refractivity contribution in [3.05, 3.63) is 0 Å². The van der Waals surface area contributed by atoms with Crippen LogP contribution in [-0.4, -0.2) is 36.2 Å². The van der Waals surface area contributed by atoms with Crippen LogP contribution in [0.15, 0.2) is 0 Å². The van der Waals surface area contributed by atoms with Crippen molar-refractivity contribution in [2.24, 2.45) is 11.7 Å². The molecule has 0 amide bonds. The summed E-state index contributed by atoms with van der Waals surface area (Å²) in [5.74, 6) is -1.16. The number of nitrogens with two attached hydrogens (primary N) is 1. The minimum absolute atomic E-state index is 0.101. The first-order valence-corrected chi connectivity index (χ1v) is 4.76. The highest BCUT2D eigenvalue weighted by atomic mass is 19.4. The Morgan fingerprint density at radius 3 is 2.29 bits per heavy atom. The van der Waals surface area contributed by atoms with Gasteiger partial charge >= 0.3 is 6.18 Å². The van der Waals surface area contributed by atoms with Gasteiger partial charge in [-0.3, -0.25) is 0 Å². The lowest BCUT2D eigenvalue weighted by atomic mass is 10.1. The van der Waals surface area contributed by atoms with E-state index in [1.165, 1.54) is 0 Å². The lowest BCUT2D eigenvalue weighted by molar-refractivity contribution is -0.170. The molecule has 1 unspecified atom stereocenters. The van der Waals surface area contributed by atoms with Gasteiger partial charge in [0, 0.05) is 18.6 Å². The predicted molar refractivity (Wildman–Crippen MR) is 48.9 cm³/mol. The van der Waals surface area contributed by atoms with Crippen LogP contribution in [0.3, 0.4) is 0 Å². The second kappa shape index (κ2) is 3.70. The molecule has 1 aliphatic heterocycles. The average Bonchev–Trinajstić information content (AvgIpc) is 2.29. The molecule has 0 aromatic rings. The third-order valence-electron chi connectivity index (χ3n) is 2.37. The van der Waals surface area contributed by atoms with Crippen LogP contribution in [0.2, 0.25) is 0 Å². The SMILES string of the molecule is CC(C)(N)CN1CCC(C(F)(F)F)C1. The maximum atomic E-state index is 12.3. The van der Waals surface area contributed by atoms with Crippen molar-refractivity contribution in [3.8, 4) is 0 Å². The van der Waals surface area contributed by atoms with E-state index in [9.17, 15) is 13.2 Å². The highest BCUT2D eigenvalue weighted by Crippen LogP contribution is 2.33. The summed E-state index contributed by atoms with van der Waals surface area (Å²) in [4.78, 5) is 1.79. The second-order valence-corrected chi connectivity index (χ2v) is 4.75. The normalized spacial score (nSPS) is 25.7. The molecule has 1 rings (SSSR count). The Morgan fingerprint density at radius 1 is 1.36 bits per heavy atom. The Balaban J connectivity index is 2.42. The van der Waals surface area contributed by atoms with Gasteiger partial charge in [0.15, 0.2) is 0 Å². The van der Waals surface area contributed by atoms with Crippen LogP contribution >= 0.6 is 0 Å². The molecule has 0 aromatic carbocycles. The fourth-order valence-corrected chi connectivity index (χ4v) is 1.82. The smallest absolute Gasteiger partial charge is 0.324 e. The number of hydrogen-bond acceptors (Lipinski definition) is 2. The van der Waals surface area contributed by atoms with E-state index in [0.717, 1.165) is 0 Å². The molecular weight excluding hydrogens is 193 g/mol. The molecule has 14 heavy (non-hydrogen) atoms. The van der Waals surface area contributed by atoms with Gasteiger partial charge in [-0.1, -0.05) is 0 Å². The zero-order valence-electron chi connectivity index (χ0n) is 8.56. The summed E-state index contributed by atoms with van der Waals surface area (Å²) >= 11 is 0. The van der Waals surface area contributed by atoms with Crippen molar-refractivity contribution in [1.29, 1.82) is 0 Å². The molecule has 2 nitrogen and oxygen atoms in total. The topological polar surface area (TPSA) is 29.3 Å². The number of likely N-dealkylation sites (tertiary alicyclic amines) is 1. The van der Waals surface area contributed by atoms with Crippen molar-refractivity contribution >= 4 is 0 Å². The minimum atomic E-state index is -4.05. The van der Waals surface area contributed by atoms with E-state index in [-0.39, 0.29) is 13.0 Å². The standard InChI is InChI=1S/C9H17F3N2/c1-8(2,13)6-14-4-3-7(5-14)9(10,11)12/h7H,3-6,13H2,1-2H3. The Labute approximate surface area is 82.2 Å². The molecule has 1 fully saturated rings. The lowest BCUT2D eigenvalue weighted by Gasteiger charge is -2.26. The molecular formula is C9H17F3N2. The van der Waals surface area contributed by atoms with Crippen LogP contribution in [0.25, 0.3) is 0 Å². The van der Waals surface area contributed by atoms with Crippen molar-refractivity contribution in [2.75, 3.05) is 19.6 Å². The van der Waals surface area contributed by atoms with Crippen LogP contribution in [0.5, 0.6) is 0 Å². The molecule has 5 heteroatoms. The molecule has 0 aliphatic carbocycles. The summed E-state index contributed by atoms with van der Waals surface area (Å²) in [6.45, 7) is 4.79. The summed E-state index contributed by atoms with van der Waals surface area (Å²) in [6.07, 6.45) is -3.84. The Kier molecular flexibility index (Phi) is 3.11. The van der Waals surface area contributed by atoms with Crippen molar-refractivity contribution in [1.82, 2.24) is 4.90 Å². The van der Waals surface area contributed by atoms with Crippen LogP contribution in [0.1, 0.15) is 20.3 Å². The Hall–Kier alpha value is -0.290. The van der Waals surface area contributed by atoms with Crippen molar-refractivity contribution in [3.63, 3.8) is 0 Å². The summed E-state index contributed by atoms with van der Waals surface area (Å²) in [5.41, 5.74) is 5.33. The second-order valence-electron chi connectivity index (χ2n) is 4.75. The predicted octanol–water partition coefficient (Wildman–Crippen LogP) is 1.61. The van der Waals surface area contributed by atoms with Crippen LogP contribution < -0.4 is 5.73 Å². The molecule has 0 saturated carbocycles. The maximum absolute atomic E-state index is 12.3. The van der Waals surface area contributed by atoms with Crippen LogP contribution in [0.4, 0.5) is 13.2 Å². The van der Waals surface area contributed by atoms with Gasteiger partial charge < -0.3 is 10.6 Å². The van der Waals surface area contributed by atoms with E-state index in [1.807, 2.05) is 13.8 Å². The summed E-state index contributed by atoms with van der Waals surface area (Å²) in [5, 5.41) is 0. The Morgan fingerprint density at radius 2 is 1.93 bits per heavy atom. The molecule has 0 aromatic heterocycles. The molecule has 2 N–H and O–H groups in total. The van der Waals surface area contributed by atoms with Gasteiger partial charge in [-0.25, -0.2) is 0 Å². The zero-order chi connectivity index (χ0) is 11.0. The van der Waals surface area contributed by atoms with E-state index in [2.05, 4.69) is 0 Å². The van der Waals surface area contributed by atoms with E-state index in [4.69, 9.17) is 5.73 Å². The number of alkyl halides is 3. The van der Waals surface area contributed by atoms with E-state index >= 15 is 0 Å². The average molecular weight is 210 g/mol. The molecule has 0 spiro atoms. The fraction of sp³-hybridized carbons (Fsp3) is 1.00. The summed E-state index contributed by atoms with van der Waals surface area (Å²) in [6, 6.07) is 0. The number of nitrogens with zero attached hydrogens (tertiary/aromatic N) is 1. The molecule has 1 aliphatic rings. The van der Waals surface area contributed by atoms with Gasteiger partial charge in [0.2, 0.25) is 0 Å². The molecule has 84 valence electrons. The summed E-state index contributed by atoms with van der Waals surface area (Å²) < 4.78 is 36.9. The van der Waals surface area contributed by atoms with Crippen molar-refractivity contribution in [2.45, 2.75) is 32.0 Å². The van der Waals surface area contributed by atoms with Crippen LogP contribution in [0, 0.1) is 5.92 Å². The highest BCUT2D eigenvalue weighted by Gasteiger charge is 2.43. The molecule has 0 radical (unpaired) electrons. The monoisotopic (exact) mass is 210 g/mol. The van der Waals surface area contributed by atoms with Gasteiger partial charge in [0.25, 0.3) is 0 Å². The number of halogens is 3. The minimum Gasteiger partial charge on any atom is -0.324 e. The largest absolute Gasteiger partial charge is 0.393 e. The van der Waals surface area contributed by atoms with E-state index in [0.29, 0.717) is 13.1 Å².